The molecule has 3 aromatic heterocycles. The van der Waals surface area contributed by atoms with Crippen LogP contribution in [-0.4, -0.2) is 23.5 Å². The van der Waals surface area contributed by atoms with E-state index in [2.05, 4.69) is 10.3 Å². The fourth-order valence-electron chi connectivity index (χ4n) is 4.06. The summed E-state index contributed by atoms with van der Waals surface area (Å²) in [5.74, 6) is -0.126. The molecule has 0 unspecified atom stereocenters. The fourth-order valence-corrected chi connectivity index (χ4v) is 6.26. The molecular formula is C26H21N3O4S2. The number of carbonyl (C=O) groups excluding carboxylic acids is 2. The molecule has 0 saturated heterocycles. The lowest BCUT2D eigenvalue weighted by Gasteiger charge is -2.12. The second-order valence-electron chi connectivity index (χ2n) is 7.95. The molecule has 0 aliphatic heterocycles. The Morgan fingerprint density at radius 1 is 1.20 bits per heavy atom. The Hall–Kier alpha value is -3.74. The highest BCUT2D eigenvalue weighted by Crippen LogP contribution is 2.39. The lowest BCUT2D eigenvalue weighted by Crippen LogP contribution is -2.16. The lowest BCUT2D eigenvalue weighted by atomic mass is 9.95. The molecule has 0 spiro atoms. The first-order valence-corrected chi connectivity index (χ1v) is 12.9. The summed E-state index contributed by atoms with van der Waals surface area (Å²) >= 11 is 2.89. The van der Waals surface area contributed by atoms with Crippen LogP contribution >= 0.6 is 22.7 Å². The van der Waals surface area contributed by atoms with E-state index in [-0.39, 0.29) is 12.2 Å². The number of ether oxygens (including phenoxy) is 1. The molecule has 1 aliphatic carbocycles. The van der Waals surface area contributed by atoms with Crippen molar-refractivity contribution in [2.75, 3.05) is 11.9 Å². The van der Waals surface area contributed by atoms with Crippen molar-refractivity contribution in [3.63, 3.8) is 0 Å². The van der Waals surface area contributed by atoms with Gasteiger partial charge in [-0.05, 0) is 62.4 Å². The van der Waals surface area contributed by atoms with E-state index < -0.39 is 11.9 Å². The van der Waals surface area contributed by atoms with Gasteiger partial charge in [0, 0.05) is 11.0 Å². The summed E-state index contributed by atoms with van der Waals surface area (Å²) in [6, 6.07) is 13.2. The maximum atomic E-state index is 13.0. The zero-order valence-electron chi connectivity index (χ0n) is 18.9. The summed E-state index contributed by atoms with van der Waals surface area (Å²) in [4.78, 5) is 31.3. The number of para-hydroxylation sites is 1. The van der Waals surface area contributed by atoms with Crippen LogP contribution in [0.1, 0.15) is 46.3 Å². The van der Waals surface area contributed by atoms with Gasteiger partial charge in [-0.2, -0.15) is 5.26 Å². The number of hydrogen-bond acceptors (Lipinski definition) is 8. The van der Waals surface area contributed by atoms with Crippen LogP contribution in [0.15, 0.2) is 46.4 Å². The number of thiophene rings is 1. The van der Waals surface area contributed by atoms with E-state index in [0.29, 0.717) is 22.1 Å². The van der Waals surface area contributed by atoms with Crippen LogP contribution in [0.4, 0.5) is 5.00 Å². The highest BCUT2D eigenvalue weighted by molar-refractivity contribution is 7.21. The van der Waals surface area contributed by atoms with Crippen molar-refractivity contribution in [3.8, 4) is 16.8 Å². The Balaban J connectivity index is 1.40. The number of aryl methyl sites for hydroxylation is 1. The molecule has 0 fully saturated rings. The van der Waals surface area contributed by atoms with Crippen molar-refractivity contribution in [2.24, 2.45) is 0 Å². The van der Waals surface area contributed by atoms with Gasteiger partial charge in [0.1, 0.15) is 22.4 Å². The standard InChI is InChI=1S/C26H21N3O4S2/c1-2-32-26(31)22-17-7-3-5-9-20(17)34-25(22)29-23(30)15(14-27)13-16-11-12-19(33-16)24-28-18-8-4-6-10-21(18)35-24/h4,6,8,10-13H,2-3,5,7,9H2,1H3,(H,29,30). The number of benzene rings is 1. The van der Waals surface area contributed by atoms with Gasteiger partial charge in [0.15, 0.2) is 10.8 Å². The molecule has 1 aliphatic rings. The largest absolute Gasteiger partial charge is 0.462 e. The average Bonchev–Trinajstić information content (AvgIpc) is 3.58. The number of aromatic nitrogens is 1. The minimum atomic E-state index is -0.602. The maximum absolute atomic E-state index is 13.0. The van der Waals surface area contributed by atoms with E-state index in [1.165, 1.54) is 28.7 Å². The third kappa shape index (κ3) is 4.63. The predicted octanol–water partition coefficient (Wildman–Crippen LogP) is 6.22. The summed E-state index contributed by atoms with van der Waals surface area (Å²) in [5.41, 5.74) is 2.11. The molecule has 176 valence electrons. The Bertz CT molecular complexity index is 1470. The van der Waals surface area contributed by atoms with E-state index in [9.17, 15) is 14.9 Å². The van der Waals surface area contributed by atoms with Crippen LogP contribution in [0, 0.1) is 11.3 Å². The number of hydrogen-bond donors (Lipinski definition) is 1. The summed E-state index contributed by atoms with van der Waals surface area (Å²) in [6.07, 6.45) is 5.07. The molecule has 7 nitrogen and oxygen atoms in total. The van der Waals surface area contributed by atoms with E-state index in [0.717, 1.165) is 51.3 Å². The van der Waals surface area contributed by atoms with Crippen LogP contribution in [0.25, 0.3) is 27.1 Å². The van der Waals surface area contributed by atoms with Gasteiger partial charge in [0.05, 0.1) is 22.4 Å². The number of anilines is 1. The second kappa shape index (κ2) is 9.86. The summed E-state index contributed by atoms with van der Waals surface area (Å²) in [5, 5.41) is 13.6. The molecule has 0 radical (unpaired) electrons. The molecule has 0 bridgehead atoms. The molecule has 9 heteroatoms. The number of amides is 1. The van der Waals surface area contributed by atoms with E-state index in [1.54, 1.807) is 19.1 Å². The van der Waals surface area contributed by atoms with Crippen LogP contribution in [0.3, 0.4) is 0 Å². The molecule has 1 aromatic carbocycles. The van der Waals surface area contributed by atoms with Crippen LogP contribution in [0.5, 0.6) is 0 Å². The molecule has 1 N–H and O–H groups in total. The minimum absolute atomic E-state index is 0.128. The van der Waals surface area contributed by atoms with Gasteiger partial charge in [0.2, 0.25) is 0 Å². The lowest BCUT2D eigenvalue weighted by molar-refractivity contribution is -0.112. The Morgan fingerprint density at radius 2 is 2.03 bits per heavy atom. The highest BCUT2D eigenvalue weighted by Gasteiger charge is 2.28. The van der Waals surface area contributed by atoms with Gasteiger partial charge in [-0.15, -0.1) is 22.7 Å². The number of rotatable bonds is 6. The molecular weight excluding hydrogens is 482 g/mol. The molecule has 1 amide bonds. The zero-order valence-corrected chi connectivity index (χ0v) is 20.6. The SMILES string of the molecule is CCOC(=O)c1c(NC(=O)C(C#N)=Cc2ccc(-c3nc4ccccc4s3)o2)sc2c1CCCC2. The third-order valence-corrected chi connectivity index (χ3v) is 7.92. The smallest absolute Gasteiger partial charge is 0.341 e. The first-order valence-electron chi connectivity index (χ1n) is 11.3. The second-order valence-corrected chi connectivity index (χ2v) is 10.1. The monoisotopic (exact) mass is 503 g/mol. The molecule has 3 heterocycles. The highest BCUT2D eigenvalue weighted by atomic mass is 32.1. The maximum Gasteiger partial charge on any atom is 0.341 e. The number of nitrogens with zero attached hydrogens (tertiary/aromatic N) is 2. The van der Waals surface area contributed by atoms with Crippen molar-refractivity contribution in [2.45, 2.75) is 32.6 Å². The number of carbonyl (C=O) groups is 2. The van der Waals surface area contributed by atoms with Crippen molar-refractivity contribution < 1.29 is 18.7 Å². The number of thiazole rings is 1. The van der Waals surface area contributed by atoms with Crippen molar-refractivity contribution in [3.05, 3.63) is 63.7 Å². The molecule has 5 rings (SSSR count). The van der Waals surface area contributed by atoms with Gasteiger partial charge in [-0.25, -0.2) is 9.78 Å². The van der Waals surface area contributed by atoms with Crippen LogP contribution in [-0.2, 0) is 22.4 Å². The Kier molecular flexibility index (Phi) is 6.49. The number of esters is 1. The first-order chi connectivity index (χ1) is 17.1. The average molecular weight is 504 g/mol. The van der Waals surface area contributed by atoms with Crippen LogP contribution < -0.4 is 5.32 Å². The van der Waals surface area contributed by atoms with Gasteiger partial charge in [-0.3, -0.25) is 4.79 Å². The van der Waals surface area contributed by atoms with Crippen molar-refractivity contribution >= 4 is 55.8 Å². The van der Waals surface area contributed by atoms with Gasteiger partial charge in [0.25, 0.3) is 5.91 Å². The Labute approximate surface area is 209 Å². The van der Waals surface area contributed by atoms with Crippen molar-refractivity contribution in [1.29, 1.82) is 5.26 Å². The predicted molar refractivity (Wildman–Crippen MR) is 136 cm³/mol. The number of nitrogens with one attached hydrogen (secondary N) is 1. The minimum Gasteiger partial charge on any atom is -0.462 e. The first kappa shape index (κ1) is 23.0. The quantitative estimate of drug-likeness (QED) is 0.190. The van der Waals surface area contributed by atoms with E-state index in [4.69, 9.17) is 9.15 Å². The van der Waals surface area contributed by atoms with Crippen LogP contribution in [0.2, 0.25) is 0 Å². The van der Waals surface area contributed by atoms with E-state index >= 15 is 0 Å². The molecule has 35 heavy (non-hydrogen) atoms. The normalized spacial score (nSPS) is 13.3. The van der Waals surface area contributed by atoms with Crippen molar-refractivity contribution in [1.82, 2.24) is 4.98 Å². The zero-order chi connectivity index (χ0) is 24.4. The van der Waals surface area contributed by atoms with Gasteiger partial charge in [-0.1, -0.05) is 12.1 Å². The van der Waals surface area contributed by atoms with Gasteiger partial charge < -0.3 is 14.5 Å². The summed E-state index contributed by atoms with van der Waals surface area (Å²) < 4.78 is 12.1. The fraction of sp³-hybridized carbons (Fsp3) is 0.231. The van der Waals surface area contributed by atoms with Gasteiger partial charge >= 0.3 is 5.97 Å². The summed E-state index contributed by atoms with van der Waals surface area (Å²) in [7, 11) is 0. The Morgan fingerprint density at radius 3 is 2.83 bits per heavy atom. The molecule has 0 saturated carbocycles. The number of fused-ring (bicyclic) bond motifs is 2. The third-order valence-electron chi connectivity index (χ3n) is 5.66. The number of furan rings is 1. The molecule has 4 aromatic rings. The number of nitriles is 1. The van der Waals surface area contributed by atoms with E-state index in [1.807, 2.05) is 30.3 Å². The molecule has 0 atom stereocenters. The summed E-state index contributed by atoms with van der Waals surface area (Å²) in [6.45, 7) is 1.99. The topological polar surface area (TPSA) is 105 Å².